The van der Waals surface area contributed by atoms with Gasteiger partial charge in [-0.3, -0.25) is 9.69 Å². The van der Waals surface area contributed by atoms with Crippen molar-refractivity contribution in [2.45, 2.75) is 6.61 Å². The zero-order valence-corrected chi connectivity index (χ0v) is 24.4. The van der Waals surface area contributed by atoms with E-state index in [0.29, 0.717) is 26.5 Å². The highest BCUT2D eigenvalue weighted by atomic mass is 127. The fraction of sp³-hybridized carbons (Fsp3) is 0.0435. The van der Waals surface area contributed by atoms with Gasteiger partial charge in [0.1, 0.15) is 12.4 Å². The zero-order valence-electron chi connectivity index (χ0n) is 16.2. The number of thioether (sulfide) groups is 1. The van der Waals surface area contributed by atoms with Crippen molar-refractivity contribution in [3.05, 3.63) is 93.3 Å². The smallest absolute Gasteiger partial charge is 0.270 e. The molecule has 0 N–H and O–H groups in total. The lowest BCUT2D eigenvalue weighted by atomic mass is 10.2. The number of thiocarbonyl (C=S) groups is 1. The molecular formula is C23H13BrClI2NO2S2. The molecular weight excluding hydrogens is 756 g/mol. The Morgan fingerprint density at radius 1 is 1.09 bits per heavy atom. The molecule has 1 amide bonds. The van der Waals surface area contributed by atoms with Crippen molar-refractivity contribution in [2.75, 3.05) is 4.90 Å². The molecule has 0 unspecified atom stereocenters. The van der Waals surface area contributed by atoms with Gasteiger partial charge in [0.05, 0.1) is 22.8 Å². The van der Waals surface area contributed by atoms with Crippen molar-refractivity contribution in [3.8, 4) is 5.75 Å². The van der Waals surface area contributed by atoms with Crippen LogP contribution in [0.25, 0.3) is 6.08 Å². The molecule has 0 saturated carbocycles. The molecule has 0 bridgehead atoms. The lowest BCUT2D eigenvalue weighted by Crippen LogP contribution is -2.27. The monoisotopic (exact) mass is 767 g/mol. The number of amides is 1. The molecule has 3 nitrogen and oxygen atoms in total. The van der Waals surface area contributed by atoms with E-state index in [0.717, 1.165) is 28.5 Å². The van der Waals surface area contributed by atoms with Gasteiger partial charge in [-0.2, -0.15) is 0 Å². The fourth-order valence-electron chi connectivity index (χ4n) is 3.00. The first-order valence-corrected chi connectivity index (χ1v) is 13.8. The van der Waals surface area contributed by atoms with E-state index in [1.54, 1.807) is 12.1 Å². The van der Waals surface area contributed by atoms with E-state index in [-0.39, 0.29) is 5.91 Å². The lowest BCUT2D eigenvalue weighted by Gasteiger charge is -2.15. The van der Waals surface area contributed by atoms with Crippen molar-refractivity contribution in [1.29, 1.82) is 0 Å². The Labute approximate surface area is 236 Å². The topological polar surface area (TPSA) is 29.5 Å². The molecule has 3 aromatic rings. The van der Waals surface area contributed by atoms with Gasteiger partial charge in [-0.25, -0.2) is 0 Å². The van der Waals surface area contributed by atoms with Crippen LogP contribution in [-0.2, 0) is 11.4 Å². The van der Waals surface area contributed by atoms with Crippen LogP contribution in [0.3, 0.4) is 0 Å². The molecule has 0 atom stereocenters. The molecule has 0 aromatic heterocycles. The molecule has 0 spiro atoms. The van der Waals surface area contributed by atoms with Crippen LogP contribution in [0, 0.1) is 7.14 Å². The number of hydrogen-bond acceptors (Lipinski definition) is 4. The number of hydrogen-bond donors (Lipinski definition) is 0. The normalized spacial score (nSPS) is 15.0. The molecule has 0 aliphatic carbocycles. The van der Waals surface area contributed by atoms with Crippen LogP contribution in [0.15, 0.2) is 70.0 Å². The number of nitrogens with zero attached hydrogens (tertiary/aromatic N) is 1. The van der Waals surface area contributed by atoms with Crippen LogP contribution in [0.2, 0.25) is 5.02 Å². The van der Waals surface area contributed by atoms with E-state index in [9.17, 15) is 4.79 Å². The third kappa shape index (κ3) is 5.52. The Balaban J connectivity index is 1.56. The first-order chi connectivity index (χ1) is 15.3. The average Bonchev–Trinajstić information content (AvgIpc) is 3.03. The number of halogens is 4. The Morgan fingerprint density at radius 2 is 1.78 bits per heavy atom. The predicted molar refractivity (Wildman–Crippen MR) is 157 cm³/mol. The maximum absolute atomic E-state index is 13.1. The summed E-state index contributed by atoms with van der Waals surface area (Å²) in [6, 6.07) is 19.4. The number of carbonyl (C=O) groups is 1. The van der Waals surface area contributed by atoms with Crippen LogP contribution in [0.5, 0.6) is 5.75 Å². The zero-order chi connectivity index (χ0) is 22.8. The van der Waals surface area contributed by atoms with Crippen LogP contribution in [0.4, 0.5) is 5.69 Å². The first-order valence-electron chi connectivity index (χ1n) is 9.22. The van der Waals surface area contributed by atoms with Gasteiger partial charge < -0.3 is 4.74 Å². The van der Waals surface area contributed by atoms with Crippen molar-refractivity contribution in [2.24, 2.45) is 0 Å². The van der Waals surface area contributed by atoms with Gasteiger partial charge in [-0.05, 0) is 109 Å². The second-order valence-electron chi connectivity index (χ2n) is 6.70. The van der Waals surface area contributed by atoms with Gasteiger partial charge in [-0.15, -0.1) is 0 Å². The van der Waals surface area contributed by atoms with Crippen molar-refractivity contribution < 1.29 is 9.53 Å². The van der Waals surface area contributed by atoms with E-state index < -0.39 is 0 Å². The van der Waals surface area contributed by atoms with Gasteiger partial charge in [0.15, 0.2) is 4.32 Å². The first kappa shape index (κ1) is 24.5. The van der Waals surface area contributed by atoms with E-state index in [1.807, 2.05) is 54.6 Å². The minimum Gasteiger partial charge on any atom is -0.487 e. The van der Waals surface area contributed by atoms with E-state index >= 15 is 0 Å². The van der Waals surface area contributed by atoms with E-state index in [1.165, 1.54) is 16.7 Å². The quantitative estimate of drug-likeness (QED) is 0.149. The number of carbonyl (C=O) groups excluding carboxylic acids is 1. The van der Waals surface area contributed by atoms with Crippen LogP contribution < -0.4 is 9.64 Å². The molecule has 3 aromatic carbocycles. The van der Waals surface area contributed by atoms with Crippen molar-refractivity contribution >= 4 is 119 Å². The second-order valence-corrected chi connectivity index (χ2v) is 12.0. The highest BCUT2D eigenvalue weighted by Gasteiger charge is 2.33. The Kier molecular flexibility index (Phi) is 8.20. The van der Waals surface area contributed by atoms with Crippen LogP contribution >= 0.6 is 96.7 Å². The maximum atomic E-state index is 13.1. The molecule has 1 heterocycles. The number of ether oxygens (including phenoxy) is 1. The number of benzene rings is 3. The minimum atomic E-state index is -0.159. The summed E-state index contributed by atoms with van der Waals surface area (Å²) < 4.78 is 9.26. The molecule has 1 saturated heterocycles. The summed E-state index contributed by atoms with van der Waals surface area (Å²) in [6.07, 6.45) is 1.87. The SMILES string of the molecule is O=C1/C(=C\c2cc(I)c(OCc3ccccc3)c(I)c2)SC(=S)N1c1ccc(Br)c(Cl)c1. The van der Waals surface area contributed by atoms with Gasteiger partial charge in [0, 0.05) is 4.47 Å². The summed E-state index contributed by atoms with van der Waals surface area (Å²) in [6.45, 7) is 0.501. The summed E-state index contributed by atoms with van der Waals surface area (Å²) in [4.78, 5) is 15.2. The van der Waals surface area contributed by atoms with Gasteiger partial charge in [0.2, 0.25) is 0 Å². The highest BCUT2D eigenvalue weighted by Crippen LogP contribution is 2.39. The summed E-state index contributed by atoms with van der Waals surface area (Å²) in [5, 5.41) is 0.524. The largest absolute Gasteiger partial charge is 0.487 e. The van der Waals surface area contributed by atoms with Gasteiger partial charge in [0.25, 0.3) is 5.91 Å². The maximum Gasteiger partial charge on any atom is 0.270 e. The van der Waals surface area contributed by atoms with Crippen LogP contribution in [-0.4, -0.2) is 10.2 Å². The van der Waals surface area contributed by atoms with Gasteiger partial charge in [-0.1, -0.05) is 65.9 Å². The summed E-state index contributed by atoms with van der Waals surface area (Å²) in [5.41, 5.74) is 2.68. The molecule has 9 heteroatoms. The average molecular weight is 769 g/mol. The molecule has 1 fully saturated rings. The molecule has 4 rings (SSSR count). The summed E-state index contributed by atoms with van der Waals surface area (Å²) in [5.74, 6) is 0.678. The van der Waals surface area contributed by atoms with E-state index in [4.69, 9.17) is 28.6 Å². The molecule has 162 valence electrons. The fourth-order valence-corrected chi connectivity index (χ4v) is 6.84. The molecule has 1 aliphatic heterocycles. The van der Waals surface area contributed by atoms with E-state index in [2.05, 4.69) is 61.1 Å². The minimum absolute atomic E-state index is 0.159. The third-order valence-electron chi connectivity index (χ3n) is 4.50. The van der Waals surface area contributed by atoms with Gasteiger partial charge >= 0.3 is 0 Å². The third-order valence-corrected chi connectivity index (χ3v) is 8.64. The van der Waals surface area contributed by atoms with Crippen LogP contribution in [0.1, 0.15) is 11.1 Å². The summed E-state index contributed by atoms with van der Waals surface area (Å²) >= 11 is 20.9. The van der Waals surface area contributed by atoms with Crippen molar-refractivity contribution in [3.63, 3.8) is 0 Å². The molecule has 32 heavy (non-hydrogen) atoms. The molecule has 1 aliphatic rings. The number of rotatable bonds is 5. The Hall–Kier alpha value is -0.660. The summed E-state index contributed by atoms with van der Waals surface area (Å²) in [7, 11) is 0. The number of anilines is 1. The lowest BCUT2D eigenvalue weighted by molar-refractivity contribution is -0.113. The Bertz CT molecular complexity index is 1230. The molecule has 0 radical (unpaired) electrons. The predicted octanol–water partition coefficient (Wildman–Crippen LogP) is 8.30. The highest BCUT2D eigenvalue weighted by molar-refractivity contribution is 14.1. The van der Waals surface area contributed by atoms with Crippen molar-refractivity contribution in [1.82, 2.24) is 0 Å². The standard InChI is InChI=1S/C23H13BrClI2NO2S2/c24-16-7-6-15(11-17(16)25)28-22(29)20(32-23(28)31)10-14-8-18(26)21(19(27)9-14)30-12-13-4-2-1-3-5-13/h1-11H,12H2/b20-10+. The Morgan fingerprint density at radius 3 is 2.44 bits per heavy atom. The second kappa shape index (κ2) is 10.7.